The highest BCUT2D eigenvalue weighted by Gasteiger charge is 2.32. The molecular formula is C16H34N2. The Labute approximate surface area is 115 Å². The van der Waals surface area contributed by atoms with Crippen LogP contribution >= 0.6 is 0 Å². The van der Waals surface area contributed by atoms with Gasteiger partial charge in [0.25, 0.3) is 0 Å². The molecule has 0 aliphatic carbocycles. The molecule has 0 amide bonds. The second-order valence-corrected chi connectivity index (χ2v) is 6.37. The minimum atomic E-state index is 0.552. The van der Waals surface area contributed by atoms with Crippen molar-refractivity contribution in [1.82, 2.24) is 10.2 Å². The number of rotatable bonds is 8. The van der Waals surface area contributed by atoms with Crippen LogP contribution in [0.1, 0.15) is 59.8 Å². The van der Waals surface area contributed by atoms with E-state index in [9.17, 15) is 0 Å². The molecule has 0 spiro atoms. The lowest BCUT2D eigenvalue weighted by Gasteiger charge is -2.42. The highest BCUT2D eigenvalue weighted by Crippen LogP contribution is 2.32. The second-order valence-electron chi connectivity index (χ2n) is 6.37. The Bertz CT molecular complexity index is 204. The number of piperidine rings is 1. The highest BCUT2D eigenvalue weighted by molar-refractivity contribution is 4.88. The van der Waals surface area contributed by atoms with Gasteiger partial charge >= 0.3 is 0 Å². The quantitative estimate of drug-likeness (QED) is 0.713. The maximum Gasteiger partial charge on any atom is 0.00501 e. The molecule has 0 radical (unpaired) electrons. The van der Waals surface area contributed by atoms with Crippen molar-refractivity contribution in [2.75, 3.05) is 32.7 Å². The molecule has 1 rings (SSSR count). The molecule has 2 nitrogen and oxygen atoms in total. The molecule has 1 aliphatic rings. The zero-order valence-electron chi connectivity index (χ0n) is 13.1. The summed E-state index contributed by atoms with van der Waals surface area (Å²) in [6.07, 6.45) is 6.79. The van der Waals surface area contributed by atoms with E-state index >= 15 is 0 Å². The van der Waals surface area contributed by atoms with Gasteiger partial charge in [-0.1, -0.05) is 40.5 Å². The highest BCUT2D eigenvalue weighted by atomic mass is 15.1. The van der Waals surface area contributed by atoms with Crippen LogP contribution in [0.3, 0.4) is 0 Å². The molecule has 1 fully saturated rings. The first-order chi connectivity index (χ1) is 8.65. The van der Waals surface area contributed by atoms with Crippen LogP contribution < -0.4 is 5.32 Å². The first-order valence-corrected chi connectivity index (χ1v) is 8.09. The van der Waals surface area contributed by atoms with Gasteiger partial charge in [-0.15, -0.1) is 0 Å². The second kappa shape index (κ2) is 8.16. The van der Waals surface area contributed by atoms with Crippen LogP contribution in [0.5, 0.6) is 0 Å². The van der Waals surface area contributed by atoms with E-state index in [1.54, 1.807) is 0 Å². The van der Waals surface area contributed by atoms with Crippen molar-refractivity contribution >= 4 is 0 Å². The van der Waals surface area contributed by atoms with Crippen molar-refractivity contribution in [2.45, 2.75) is 59.8 Å². The van der Waals surface area contributed by atoms with Crippen LogP contribution in [0.2, 0.25) is 0 Å². The van der Waals surface area contributed by atoms with E-state index < -0.39 is 0 Å². The summed E-state index contributed by atoms with van der Waals surface area (Å²) in [4.78, 5) is 2.69. The van der Waals surface area contributed by atoms with E-state index in [1.165, 1.54) is 64.8 Å². The van der Waals surface area contributed by atoms with E-state index in [2.05, 4.69) is 37.9 Å². The summed E-state index contributed by atoms with van der Waals surface area (Å²) in [6, 6.07) is 0. The van der Waals surface area contributed by atoms with Crippen molar-refractivity contribution in [2.24, 2.45) is 11.3 Å². The molecule has 108 valence electrons. The average molecular weight is 254 g/mol. The van der Waals surface area contributed by atoms with Crippen molar-refractivity contribution in [3.63, 3.8) is 0 Å². The molecule has 0 bridgehead atoms. The fourth-order valence-electron chi connectivity index (χ4n) is 3.34. The van der Waals surface area contributed by atoms with Crippen LogP contribution in [0, 0.1) is 11.3 Å². The number of nitrogens with one attached hydrogen (secondary N) is 1. The third-order valence-electron chi connectivity index (χ3n) is 4.61. The summed E-state index contributed by atoms with van der Waals surface area (Å²) in [5, 5.41) is 3.63. The lowest BCUT2D eigenvalue weighted by molar-refractivity contribution is 0.0995. The molecule has 1 heterocycles. The normalized spacial score (nSPS) is 26.5. The minimum absolute atomic E-state index is 0.552. The summed E-state index contributed by atoms with van der Waals surface area (Å²) >= 11 is 0. The molecule has 0 aromatic heterocycles. The van der Waals surface area contributed by atoms with Gasteiger partial charge in [-0.3, -0.25) is 0 Å². The van der Waals surface area contributed by atoms with Crippen molar-refractivity contribution < 1.29 is 0 Å². The van der Waals surface area contributed by atoms with Crippen LogP contribution in [-0.4, -0.2) is 37.6 Å². The Morgan fingerprint density at radius 1 is 1.28 bits per heavy atom. The van der Waals surface area contributed by atoms with Gasteiger partial charge in [0.15, 0.2) is 0 Å². The van der Waals surface area contributed by atoms with Gasteiger partial charge < -0.3 is 10.2 Å². The fraction of sp³-hybridized carbons (Fsp3) is 1.00. The summed E-state index contributed by atoms with van der Waals surface area (Å²) in [7, 11) is 0. The van der Waals surface area contributed by atoms with Gasteiger partial charge in [0, 0.05) is 19.6 Å². The average Bonchev–Trinajstić information content (AvgIpc) is 2.39. The molecule has 2 heteroatoms. The third-order valence-corrected chi connectivity index (χ3v) is 4.61. The predicted octanol–water partition coefficient (Wildman–Crippen LogP) is 3.52. The SMILES string of the molecule is CCCC1(CN(CC)CC(C)CC)CCCNC1. The van der Waals surface area contributed by atoms with Gasteiger partial charge in [-0.25, -0.2) is 0 Å². The van der Waals surface area contributed by atoms with E-state index in [4.69, 9.17) is 0 Å². The lowest BCUT2D eigenvalue weighted by Crippen LogP contribution is -2.48. The smallest absolute Gasteiger partial charge is 0.00501 e. The molecule has 1 aliphatic heterocycles. The van der Waals surface area contributed by atoms with E-state index in [0.29, 0.717) is 5.41 Å². The minimum Gasteiger partial charge on any atom is -0.316 e. The number of hydrogen-bond acceptors (Lipinski definition) is 2. The van der Waals surface area contributed by atoms with Gasteiger partial charge in [0.05, 0.1) is 0 Å². The maximum absolute atomic E-state index is 3.63. The number of hydrogen-bond donors (Lipinski definition) is 1. The van der Waals surface area contributed by atoms with Crippen LogP contribution in [0.15, 0.2) is 0 Å². The largest absolute Gasteiger partial charge is 0.316 e. The summed E-state index contributed by atoms with van der Waals surface area (Å²) in [5.74, 6) is 0.833. The monoisotopic (exact) mass is 254 g/mol. The Hall–Kier alpha value is -0.0800. The molecule has 18 heavy (non-hydrogen) atoms. The molecular weight excluding hydrogens is 220 g/mol. The lowest BCUT2D eigenvalue weighted by atomic mass is 9.76. The summed E-state index contributed by atoms with van der Waals surface area (Å²) < 4.78 is 0. The van der Waals surface area contributed by atoms with Gasteiger partial charge in [-0.2, -0.15) is 0 Å². The summed E-state index contributed by atoms with van der Waals surface area (Å²) in [6.45, 7) is 15.6. The molecule has 2 atom stereocenters. The molecule has 0 aromatic carbocycles. The van der Waals surface area contributed by atoms with Crippen molar-refractivity contribution in [1.29, 1.82) is 0 Å². The third kappa shape index (κ3) is 4.89. The van der Waals surface area contributed by atoms with Crippen molar-refractivity contribution in [3.8, 4) is 0 Å². The Morgan fingerprint density at radius 2 is 2.06 bits per heavy atom. The molecule has 1 N–H and O–H groups in total. The predicted molar refractivity (Wildman–Crippen MR) is 81.0 cm³/mol. The Kier molecular flexibility index (Phi) is 7.25. The van der Waals surface area contributed by atoms with Crippen LogP contribution in [-0.2, 0) is 0 Å². The molecule has 2 unspecified atom stereocenters. The fourth-order valence-corrected chi connectivity index (χ4v) is 3.34. The van der Waals surface area contributed by atoms with Gasteiger partial charge in [0.1, 0.15) is 0 Å². The topological polar surface area (TPSA) is 15.3 Å². The Morgan fingerprint density at radius 3 is 2.56 bits per heavy atom. The van der Waals surface area contributed by atoms with E-state index in [1.807, 2.05) is 0 Å². The molecule has 0 aromatic rings. The number of nitrogens with zero attached hydrogens (tertiary/aromatic N) is 1. The van der Waals surface area contributed by atoms with E-state index in [0.717, 1.165) is 5.92 Å². The maximum atomic E-state index is 3.63. The van der Waals surface area contributed by atoms with Crippen molar-refractivity contribution in [3.05, 3.63) is 0 Å². The van der Waals surface area contributed by atoms with E-state index in [-0.39, 0.29) is 0 Å². The standard InChI is InChI=1S/C16H34N2/c1-5-9-16(10-8-11-17-13-16)14-18(7-3)12-15(4)6-2/h15,17H,5-14H2,1-4H3. The first kappa shape index (κ1) is 16.0. The zero-order chi connectivity index (χ0) is 13.4. The van der Waals surface area contributed by atoms with Crippen LogP contribution in [0.25, 0.3) is 0 Å². The summed E-state index contributed by atoms with van der Waals surface area (Å²) in [5.41, 5.74) is 0.552. The molecule has 0 saturated carbocycles. The zero-order valence-corrected chi connectivity index (χ0v) is 13.1. The van der Waals surface area contributed by atoms with Gasteiger partial charge in [-0.05, 0) is 43.7 Å². The first-order valence-electron chi connectivity index (χ1n) is 8.09. The van der Waals surface area contributed by atoms with Gasteiger partial charge in [0.2, 0.25) is 0 Å². The van der Waals surface area contributed by atoms with Crippen LogP contribution in [0.4, 0.5) is 0 Å². The molecule has 1 saturated heterocycles. The Balaban J connectivity index is 2.56.